The van der Waals surface area contributed by atoms with Gasteiger partial charge in [-0.1, -0.05) is 6.07 Å². The summed E-state index contributed by atoms with van der Waals surface area (Å²) < 4.78 is 18.5. The fourth-order valence-corrected chi connectivity index (χ4v) is 1.36. The highest BCUT2D eigenvalue weighted by Crippen LogP contribution is 2.22. The third kappa shape index (κ3) is 4.51. The average molecular weight is 285 g/mol. The minimum atomic E-state index is -1.80. The van der Waals surface area contributed by atoms with Gasteiger partial charge in [-0.05, 0) is 38.5 Å². The summed E-state index contributed by atoms with van der Waals surface area (Å²) in [7, 11) is 0. The van der Waals surface area contributed by atoms with E-state index in [1.165, 1.54) is 0 Å². The molecule has 110 valence electrons. The van der Waals surface area contributed by atoms with Crippen LogP contribution in [0.25, 0.3) is 0 Å². The van der Waals surface area contributed by atoms with E-state index in [2.05, 4.69) is 5.32 Å². The van der Waals surface area contributed by atoms with E-state index in [0.29, 0.717) is 0 Å². The van der Waals surface area contributed by atoms with Crippen molar-refractivity contribution in [1.29, 1.82) is 0 Å². The first-order valence-corrected chi connectivity index (χ1v) is 5.80. The summed E-state index contributed by atoms with van der Waals surface area (Å²) in [5.41, 5.74) is -1.07. The van der Waals surface area contributed by atoms with Gasteiger partial charge in [0.1, 0.15) is 11.4 Å². The maximum Gasteiger partial charge on any atom is 0.412 e. The molecule has 1 amide bonds. The molecule has 7 heteroatoms. The molecular formula is C13H16FNO5. The molecule has 20 heavy (non-hydrogen) atoms. The first-order chi connectivity index (χ1) is 9.10. The molecule has 0 heterocycles. The Kier molecular flexibility index (Phi) is 4.67. The quantitative estimate of drug-likeness (QED) is 0.791. The summed E-state index contributed by atoms with van der Waals surface area (Å²) in [6, 6.07) is 3.11. The van der Waals surface area contributed by atoms with E-state index in [1.807, 2.05) is 0 Å². The molecule has 0 aliphatic rings. The predicted molar refractivity (Wildman–Crippen MR) is 68.9 cm³/mol. The second kappa shape index (κ2) is 5.87. The Balaban J connectivity index is 2.92. The van der Waals surface area contributed by atoms with Crippen molar-refractivity contribution in [3.05, 3.63) is 29.6 Å². The van der Waals surface area contributed by atoms with Crippen LogP contribution in [0.1, 0.15) is 32.4 Å². The Hall–Kier alpha value is -2.15. The fraction of sp³-hybridized carbons (Fsp3) is 0.385. The zero-order chi connectivity index (χ0) is 15.5. The number of amides is 1. The van der Waals surface area contributed by atoms with E-state index in [4.69, 9.17) is 9.84 Å². The molecule has 1 unspecified atom stereocenters. The van der Waals surface area contributed by atoms with Crippen molar-refractivity contribution in [2.24, 2.45) is 0 Å². The Morgan fingerprint density at radius 2 is 1.95 bits per heavy atom. The van der Waals surface area contributed by atoms with Gasteiger partial charge in [0.2, 0.25) is 0 Å². The van der Waals surface area contributed by atoms with Crippen molar-refractivity contribution in [2.75, 3.05) is 5.32 Å². The molecular weight excluding hydrogens is 269 g/mol. The lowest BCUT2D eigenvalue weighted by atomic mass is 10.1. The van der Waals surface area contributed by atoms with E-state index in [1.54, 1.807) is 20.8 Å². The number of ether oxygens (including phenoxy) is 1. The first-order valence-electron chi connectivity index (χ1n) is 5.80. The van der Waals surface area contributed by atoms with Gasteiger partial charge in [0.15, 0.2) is 6.10 Å². The molecule has 1 rings (SSSR count). The number of carboxylic acid groups (broad SMARTS) is 1. The SMILES string of the molecule is CC(C)(C)OC(=O)Nc1cc(C(O)C(=O)O)ccc1F. The highest BCUT2D eigenvalue weighted by atomic mass is 19.1. The Labute approximate surface area is 115 Å². The van der Waals surface area contributed by atoms with Crippen LogP contribution >= 0.6 is 0 Å². The largest absolute Gasteiger partial charge is 0.479 e. The van der Waals surface area contributed by atoms with E-state index in [9.17, 15) is 19.1 Å². The van der Waals surface area contributed by atoms with Crippen LogP contribution in [-0.4, -0.2) is 27.9 Å². The summed E-state index contributed by atoms with van der Waals surface area (Å²) in [6.07, 6.45) is -2.67. The number of carbonyl (C=O) groups is 2. The molecule has 0 aliphatic carbocycles. The van der Waals surface area contributed by atoms with Gasteiger partial charge in [0, 0.05) is 0 Å². The minimum Gasteiger partial charge on any atom is -0.479 e. The molecule has 0 saturated carbocycles. The van der Waals surface area contributed by atoms with Crippen LogP contribution in [-0.2, 0) is 9.53 Å². The van der Waals surface area contributed by atoms with Crippen molar-refractivity contribution < 1.29 is 28.9 Å². The number of hydrogen-bond acceptors (Lipinski definition) is 4. The Bertz CT molecular complexity index is 524. The molecule has 0 saturated heterocycles. The second-order valence-electron chi connectivity index (χ2n) is 5.11. The van der Waals surface area contributed by atoms with E-state index < -0.39 is 29.6 Å². The standard InChI is InChI=1S/C13H16FNO5/c1-13(2,3)20-12(19)15-9-6-7(4-5-8(9)14)10(16)11(17)18/h4-6,10,16H,1-3H3,(H,15,19)(H,17,18). The van der Waals surface area contributed by atoms with Gasteiger partial charge >= 0.3 is 12.1 Å². The van der Waals surface area contributed by atoms with E-state index in [-0.39, 0.29) is 11.3 Å². The lowest BCUT2D eigenvalue weighted by Gasteiger charge is -2.20. The molecule has 0 spiro atoms. The van der Waals surface area contributed by atoms with Crippen molar-refractivity contribution in [3.63, 3.8) is 0 Å². The third-order valence-electron chi connectivity index (χ3n) is 2.18. The first kappa shape index (κ1) is 15.9. The number of carboxylic acids is 1. The predicted octanol–water partition coefficient (Wildman–Crippen LogP) is 2.29. The summed E-state index contributed by atoms with van der Waals surface area (Å²) >= 11 is 0. The van der Waals surface area contributed by atoms with Crippen LogP contribution in [0.4, 0.5) is 14.9 Å². The van der Waals surface area contributed by atoms with Gasteiger partial charge in [-0.3, -0.25) is 5.32 Å². The van der Waals surface area contributed by atoms with Crippen LogP contribution in [0.15, 0.2) is 18.2 Å². The molecule has 1 aromatic carbocycles. The van der Waals surface area contributed by atoms with Crippen molar-refractivity contribution in [2.45, 2.75) is 32.5 Å². The minimum absolute atomic E-state index is 0.0510. The number of aliphatic hydroxyl groups is 1. The van der Waals surface area contributed by atoms with Crippen molar-refractivity contribution in [3.8, 4) is 0 Å². The summed E-state index contributed by atoms with van der Waals surface area (Å²) in [5, 5.41) is 20.2. The number of anilines is 1. The summed E-state index contributed by atoms with van der Waals surface area (Å²) in [4.78, 5) is 22.2. The second-order valence-corrected chi connectivity index (χ2v) is 5.11. The number of aliphatic hydroxyl groups excluding tert-OH is 1. The van der Waals surface area contributed by atoms with Gasteiger partial charge in [-0.25, -0.2) is 14.0 Å². The highest BCUT2D eigenvalue weighted by molar-refractivity contribution is 5.85. The lowest BCUT2D eigenvalue weighted by Crippen LogP contribution is -2.27. The number of benzene rings is 1. The van der Waals surface area contributed by atoms with Crippen LogP contribution in [0.3, 0.4) is 0 Å². The maximum absolute atomic E-state index is 13.5. The molecule has 1 aromatic rings. The maximum atomic E-state index is 13.5. The third-order valence-corrected chi connectivity index (χ3v) is 2.18. The van der Waals surface area contributed by atoms with E-state index in [0.717, 1.165) is 18.2 Å². The van der Waals surface area contributed by atoms with Crippen LogP contribution < -0.4 is 5.32 Å². The number of rotatable bonds is 3. The van der Waals surface area contributed by atoms with Crippen molar-refractivity contribution >= 4 is 17.7 Å². The van der Waals surface area contributed by atoms with Crippen molar-refractivity contribution in [1.82, 2.24) is 0 Å². The molecule has 1 atom stereocenters. The molecule has 0 radical (unpaired) electrons. The normalized spacial score (nSPS) is 12.7. The summed E-state index contributed by atoms with van der Waals surface area (Å²) in [5.74, 6) is -2.24. The monoisotopic (exact) mass is 285 g/mol. The zero-order valence-corrected chi connectivity index (χ0v) is 11.3. The molecule has 0 fully saturated rings. The fourth-order valence-electron chi connectivity index (χ4n) is 1.36. The number of halogens is 1. The van der Waals surface area contributed by atoms with Gasteiger partial charge in [-0.15, -0.1) is 0 Å². The Morgan fingerprint density at radius 1 is 1.35 bits per heavy atom. The molecule has 6 nitrogen and oxygen atoms in total. The number of carbonyl (C=O) groups excluding carboxylic acids is 1. The van der Waals surface area contributed by atoms with Gasteiger partial charge in [0.25, 0.3) is 0 Å². The molecule has 0 aliphatic heterocycles. The van der Waals surface area contributed by atoms with Crippen LogP contribution in [0.5, 0.6) is 0 Å². The lowest BCUT2D eigenvalue weighted by molar-refractivity contribution is -0.146. The Morgan fingerprint density at radius 3 is 2.45 bits per heavy atom. The topological polar surface area (TPSA) is 95.9 Å². The number of hydrogen-bond donors (Lipinski definition) is 3. The number of nitrogens with one attached hydrogen (secondary N) is 1. The van der Waals surface area contributed by atoms with Gasteiger partial charge in [0.05, 0.1) is 5.69 Å². The van der Waals surface area contributed by atoms with Crippen LogP contribution in [0.2, 0.25) is 0 Å². The van der Waals surface area contributed by atoms with Gasteiger partial charge in [-0.2, -0.15) is 0 Å². The van der Waals surface area contributed by atoms with Gasteiger partial charge < -0.3 is 14.9 Å². The molecule has 0 bridgehead atoms. The van der Waals surface area contributed by atoms with E-state index >= 15 is 0 Å². The molecule has 0 aromatic heterocycles. The highest BCUT2D eigenvalue weighted by Gasteiger charge is 2.20. The zero-order valence-electron chi connectivity index (χ0n) is 11.3. The number of aliphatic carboxylic acids is 1. The average Bonchev–Trinajstić information content (AvgIpc) is 2.28. The van der Waals surface area contributed by atoms with Crippen LogP contribution in [0, 0.1) is 5.82 Å². The summed E-state index contributed by atoms with van der Waals surface area (Å²) in [6.45, 7) is 4.94. The molecule has 3 N–H and O–H groups in total. The smallest absolute Gasteiger partial charge is 0.412 e.